The molecule has 2 rings (SSSR count). The van der Waals surface area contributed by atoms with E-state index >= 15 is 0 Å². The van der Waals surface area contributed by atoms with Crippen molar-refractivity contribution in [3.05, 3.63) is 23.3 Å². The molecule has 0 aliphatic carbocycles. The number of benzene rings is 1. The van der Waals surface area contributed by atoms with Crippen LogP contribution in [0.1, 0.15) is 22.8 Å². The monoisotopic (exact) mass is 178 g/mol. The number of rotatable bonds is 0. The average Bonchev–Trinajstić information content (AvgIpc) is 2.38. The molecule has 0 aromatic heterocycles. The normalized spacial score (nSPS) is 19.8. The molecule has 1 atom stereocenters. The van der Waals surface area contributed by atoms with Gasteiger partial charge in [0.05, 0.1) is 5.56 Å². The van der Waals surface area contributed by atoms with Gasteiger partial charge in [-0.05, 0) is 26.0 Å². The highest BCUT2D eigenvalue weighted by molar-refractivity contribution is 6.04. The van der Waals surface area contributed by atoms with Crippen LogP contribution in [-0.2, 0) is 0 Å². The molecule has 13 heavy (non-hydrogen) atoms. The third kappa shape index (κ3) is 1.00. The molecular weight excluding hydrogens is 168 g/mol. The summed E-state index contributed by atoms with van der Waals surface area (Å²) in [4.78, 5) is 11.5. The van der Waals surface area contributed by atoms with Crippen LogP contribution in [0, 0.1) is 6.92 Å². The summed E-state index contributed by atoms with van der Waals surface area (Å²) in [7, 11) is 0. The second-order valence-corrected chi connectivity index (χ2v) is 3.21. The predicted octanol–water partition coefficient (Wildman–Crippen LogP) is 1.66. The minimum atomic E-state index is -0.421. The van der Waals surface area contributed by atoms with E-state index in [2.05, 4.69) is 0 Å². The number of hydrogen-bond acceptors (Lipinski definition) is 3. The third-order valence-electron chi connectivity index (χ3n) is 2.31. The maximum atomic E-state index is 11.5. The minimum absolute atomic E-state index is 0.0156. The van der Waals surface area contributed by atoms with Crippen molar-refractivity contribution in [2.24, 2.45) is 0 Å². The van der Waals surface area contributed by atoms with Crippen LogP contribution in [-0.4, -0.2) is 17.0 Å². The van der Waals surface area contributed by atoms with E-state index in [9.17, 15) is 9.90 Å². The van der Waals surface area contributed by atoms with Crippen molar-refractivity contribution >= 4 is 5.78 Å². The van der Waals surface area contributed by atoms with Gasteiger partial charge in [-0.15, -0.1) is 0 Å². The van der Waals surface area contributed by atoms with E-state index in [-0.39, 0.29) is 11.5 Å². The molecule has 1 unspecified atom stereocenters. The Hall–Kier alpha value is -1.51. The number of Topliss-reactive ketones (excluding diaryl/α,β-unsaturated/α-hetero) is 1. The number of carbonyl (C=O) groups is 1. The summed E-state index contributed by atoms with van der Waals surface area (Å²) >= 11 is 0. The highest BCUT2D eigenvalue weighted by Crippen LogP contribution is 2.36. The molecule has 0 radical (unpaired) electrons. The fourth-order valence-corrected chi connectivity index (χ4v) is 1.48. The Balaban J connectivity index is 2.64. The topological polar surface area (TPSA) is 46.5 Å². The van der Waals surface area contributed by atoms with Crippen LogP contribution in [0.25, 0.3) is 0 Å². The van der Waals surface area contributed by atoms with Crippen molar-refractivity contribution in [1.82, 2.24) is 0 Å². The quantitative estimate of drug-likeness (QED) is 0.657. The first kappa shape index (κ1) is 8.10. The standard InChI is InChI=1S/C10H10O3/c1-5-8(11)4-3-7-9(12)6(2)13-10(5)7/h3-4,6,11H,1-2H3. The van der Waals surface area contributed by atoms with E-state index in [4.69, 9.17) is 4.74 Å². The van der Waals surface area contributed by atoms with Crippen LogP contribution in [0.2, 0.25) is 0 Å². The van der Waals surface area contributed by atoms with Crippen molar-refractivity contribution in [1.29, 1.82) is 0 Å². The fourth-order valence-electron chi connectivity index (χ4n) is 1.48. The Bertz CT molecular complexity index is 382. The summed E-state index contributed by atoms with van der Waals surface area (Å²) in [5.41, 5.74) is 1.21. The Kier molecular flexibility index (Phi) is 1.55. The van der Waals surface area contributed by atoms with Crippen LogP contribution < -0.4 is 4.74 Å². The molecule has 3 nitrogen and oxygen atoms in total. The van der Waals surface area contributed by atoms with Crippen LogP contribution in [0.5, 0.6) is 11.5 Å². The number of fused-ring (bicyclic) bond motifs is 1. The average molecular weight is 178 g/mol. The van der Waals surface area contributed by atoms with Gasteiger partial charge >= 0.3 is 0 Å². The van der Waals surface area contributed by atoms with E-state index in [1.54, 1.807) is 19.9 Å². The summed E-state index contributed by atoms with van der Waals surface area (Å²) < 4.78 is 5.32. The molecule has 3 heteroatoms. The van der Waals surface area contributed by atoms with Crippen molar-refractivity contribution in [3.63, 3.8) is 0 Å². The molecule has 0 bridgehead atoms. The molecule has 1 aromatic rings. The number of hydrogen-bond donors (Lipinski definition) is 1. The highest BCUT2D eigenvalue weighted by atomic mass is 16.5. The summed E-state index contributed by atoms with van der Waals surface area (Å²) in [5.74, 6) is 0.677. The Labute approximate surface area is 76.0 Å². The molecule has 0 amide bonds. The van der Waals surface area contributed by atoms with Gasteiger partial charge in [0.25, 0.3) is 0 Å². The first-order valence-corrected chi connectivity index (χ1v) is 4.14. The van der Waals surface area contributed by atoms with Gasteiger partial charge in [0.15, 0.2) is 6.10 Å². The molecule has 1 aliphatic heterocycles. The van der Waals surface area contributed by atoms with E-state index in [1.807, 2.05) is 0 Å². The van der Waals surface area contributed by atoms with E-state index in [1.165, 1.54) is 6.07 Å². The fraction of sp³-hybridized carbons (Fsp3) is 0.300. The van der Waals surface area contributed by atoms with Crippen LogP contribution >= 0.6 is 0 Å². The summed E-state index contributed by atoms with van der Waals surface area (Å²) in [5, 5.41) is 9.36. The van der Waals surface area contributed by atoms with Gasteiger partial charge in [0, 0.05) is 5.56 Å². The Morgan fingerprint density at radius 2 is 2.15 bits per heavy atom. The summed E-state index contributed by atoms with van der Waals surface area (Å²) in [6.45, 7) is 3.44. The number of carbonyl (C=O) groups excluding carboxylic acids is 1. The summed E-state index contributed by atoms with van der Waals surface area (Å²) in [6, 6.07) is 3.12. The molecule has 0 saturated heterocycles. The lowest BCUT2D eigenvalue weighted by molar-refractivity contribution is 0.0878. The summed E-state index contributed by atoms with van der Waals surface area (Å²) in [6.07, 6.45) is -0.421. The maximum Gasteiger partial charge on any atom is 0.206 e. The molecule has 0 fully saturated rings. The van der Waals surface area contributed by atoms with E-state index in [0.29, 0.717) is 16.9 Å². The van der Waals surface area contributed by atoms with E-state index in [0.717, 1.165) is 0 Å². The van der Waals surface area contributed by atoms with Crippen molar-refractivity contribution in [2.45, 2.75) is 20.0 Å². The van der Waals surface area contributed by atoms with Crippen molar-refractivity contribution < 1.29 is 14.6 Å². The molecule has 1 N–H and O–H groups in total. The zero-order chi connectivity index (χ0) is 9.59. The molecular formula is C10H10O3. The first-order valence-electron chi connectivity index (χ1n) is 4.14. The lowest BCUT2D eigenvalue weighted by Gasteiger charge is -2.05. The predicted molar refractivity (Wildman–Crippen MR) is 47.3 cm³/mol. The lowest BCUT2D eigenvalue weighted by atomic mass is 10.1. The van der Waals surface area contributed by atoms with Crippen LogP contribution in [0.15, 0.2) is 12.1 Å². The Morgan fingerprint density at radius 1 is 1.46 bits per heavy atom. The molecule has 1 aromatic carbocycles. The van der Waals surface area contributed by atoms with Gasteiger partial charge in [-0.2, -0.15) is 0 Å². The molecule has 0 spiro atoms. The van der Waals surface area contributed by atoms with Crippen molar-refractivity contribution in [3.8, 4) is 11.5 Å². The third-order valence-corrected chi connectivity index (χ3v) is 2.31. The second-order valence-electron chi connectivity index (χ2n) is 3.21. The van der Waals surface area contributed by atoms with Gasteiger partial charge in [0.2, 0.25) is 5.78 Å². The van der Waals surface area contributed by atoms with Gasteiger partial charge < -0.3 is 9.84 Å². The van der Waals surface area contributed by atoms with E-state index < -0.39 is 6.10 Å². The van der Waals surface area contributed by atoms with Gasteiger partial charge in [-0.1, -0.05) is 0 Å². The molecule has 1 aliphatic rings. The second kappa shape index (κ2) is 2.49. The maximum absolute atomic E-state index is 11.5. The number of phenolic OH excluding ortho intramolecular Hbond substituents is 1. The zero-order valence-electron chi connectivity index (χ0n) is 7.50. The Morgan fingerprint density at radius 3 is 2.85 bits per heavy atom. The lowest BCUT2D eigenvalue weighted by Crippen LogP contribution is -2.14. The zero-order valence-corrected chi connectivity index (χ0v) is 7.50. The molecule has 0 saturated carbocycles. The number of aromatic hydroxyl groups is 1. The van der Waals surface area contributed by atoms with Crippen LogP contribution in [0.4, 0.5) is 0 Å². The van der Waals surface area contributed by atoms with Gasteiger partial charge in [0.1, 0.15) is 11.5 Å². The largest absolute Gasteiger partial charge is 0.508 e. The SMILES string of the molecule is Cc1c(O)ccc2c1OC(C)C2=O. The number of phenols is 1. The highest BCUT2D eigenvalue weighted by Gasteiger charge is 2.30. The van der Waals surface area contributed by atoms with Gasteiger partial charge in [-0.25, -0.2) is 0 Å². The number of ether oxygens (including phenoxy) is 1. The minimum Gasteiger partial charge on any atom is -0.508 e. The first-order chi connectivity index (χ1) is 6.11. The van der Waals surface area contributed by atoms with Gasteiger partial charge in [-0.3, -0.25) is 4.79 Å². The van der Waals surface area contributed by atoms with Crippen LogP contribution in [0.3, 0.4) is 0 Å². The number of ketones is 1. The smallest absolute Gasteiger partial charge is 0.206 e. The molecule has 1 heterocycles. The van der Waals surface area contributed by atoms with Crippen molar-refractivity contribution in [2.75, 3.05) is 0 Å². The molecule has 68 valence electrons.